The molecule has 2 fully saturated rings. The van der Waals surface area contributed by atoms with Crippen LogP contribution in [0.1, 0.15) is 43.7 Å². The predicted octanol–water partition coefficient (Wildman–Crippen LogP) is 1.85. The summed E-state index contributed by atoms with van der Waals surface area (Å²) in [7, 11) is 3.72. The van der Waals surface area contributed by atoms with Crippen LogP contribution in [-0.2, 0) is 11.8 Å². The number of nitrogens with zero attached hydrogens (tertiary/aromatic N) is 1. The topological polar surface area (TPSA) is 54.0 Å². The van der Waals surface area contributed by atoms with Crippen molar-refractivity contribution in [3.8, 4) is 11.5 Å². The Morgan fingerprint density at radius 1 is 1.38 bits per heavy atom. The molecule has 0 aromatic heterocycles. The molecule has 1 saturated carbocycles. The second kappa shape index (κ2) is 5.60. The van der Waals surface area contributed by atoms with Crippen LogP contribution in [0.5, 0.6) is 11.5 Å². The molecule has 5 nitrogen and oxygen atoms in total. The van der Waals surface area contributed by atoms with Gasteiger partial charge >= 0.3 is 0 Å². The minimum absolute atomic E-state index is 0.0251. The molecule has 1 aromatic rings. The number of methoxy groups -OCH3 is 1. The van der Waals surface area contributed by atoms with Crippen LogP contribution in [0.4, 0.5) is 0 Å². The molecular weight excluding hydrogens is 328 g/mol. The number of rotatable bonds is 4. The van der Waals surface area contributed by atoms with E-state index >= 15 is 0 Å². The van der Waals surface area contributed by atoms with E-state index in [-0.39, 0.29) is 23.6 Å². The molecule has 2 N–H and O–H groups in total. The molecule has 2 aliphatic heterocycles. The molecule has 0 amide bonds. The number of benzene rings is 1. The Balaban J connectivity index is 1.75. The summed E-state index contributed by atoms with van der Waals surface area (Å²) < 4.78 is 12.2. The molecule has 5 heteroatoms. The van der Waals surface area contributed by atoms with Gasteiger partial charge in [0.25, 0.3) is 0 Å². The first kappa shape index (κ1) is 16.8. The van der Waals surface area contributed by atoms with Gasteiger partial charge in [0.15, 0.2) is 11.5 Å². The van der Waals surface area contributed by atoms with Crippen LogP contribution in [-0.4, -0.2) is 61.0 Å². The summed E-state index contributed by atoms with van der Waals surface area (Å²) >= 11 is 0. The first-order valence-corrected chi connectivity index (χ1v) is 10.1. The molecule has 4 aliphatic rings. The summed E-state index contributed by atoms with van der Waals surface area (Å²) in [6.07, 6.45) is 4.74. The third-order valence-corrected chi connectivity index (χ3v) is 7.66. The van der Waals surface area contributed by atoms with Gasteiger partial charge in [0.05, 0.1) is 18.1 Å². The highest BCUT2D eigenvalue weighted by molar-refractivity contribution is 5.63. The number of hydrogen-bond donors (Lipinski definition) is 2. The van der Waals surface area contributed by atoms with E-state index in [1.807, 2.05) is 13.1 Å². The summed E-state index contributed by atoms with van der Waals surface area (Å²) in [6.45, 7) is 4.32. The van der Waals surface area contributed by atoms with E-state index in [2.05, 4.69) is 23.2 Å². The number of ether oxygens (including phenoxy) is 2. The lowest BCUT2D eigenvalue weighted by molar-refractivity contribution is -0.190. The fourth-order valence-electron chi connectivity index (χ4n) is 6.63. The summed E-state index contributed by atoms with van der Waals surface area (Å²) in [4.78, 5) is 2.53. The lowest BCUT2D eigenvalue weighted by atomic mass is 9.48. The van der Waals surface area contributed by atoms with Crippen LogP contribution in [0.3, 0.4) is 0 Å². The molecule has 142 valence electrons. The molecule has 5 atom stereocenters. The van der Waals surface area contributed by atoms with Crippen molar-refractivity contribution < 1.29 is 14.6 Å². The van der Waals surface area contributed by atoms with Gasteiger partial charge in [-0.3, -0.25) is 4.90 Å². The maximum absolute atomic E-state index is 12.2. The van der Waals surface area contributed by atoms with Crippen molar-refractivity contribution in [2.45, 2.75) is 68.2 Å². The Bertz CT molecular complexity index is 738. The van der Waals surface area contributed by atoms with E-state index in [1.165, 1.54) is 11.1 Å². The SMILES string of the molecule is CCCN1CC[C@]23c4c5ccc(OC)c4O[C@H]2[C@H](NC)CC[C@@]3(O)[C@H]1C5. The van der Waals surface area contributed by atoms with Crippen molar-refractivity contribution in [1.29, 1.82) is 0 Å². The van der Waals surface area contributed by atoms with E-state index in [9.17, 15) is 5.11 Å². The van der Waals surface area contributed by atoms with Crippen LogP contribution < -0.4 is 14.8 Å². The van der Waals surface area contributed by atoms with E-state index in [0.29, 0.717) is 0 Å². The van der Waals surface area contributed by atoms with Gasteiger partial charge in [-0.05, 0) is 63.9 Å². The van der Waals surface area contributed by atoms with Gasteiger partial charge in [0, 0.05) is 17.6 Å². The van der Waals surface area contributed by atoms with Crippen molar-refractivity contribution in [3.05, 3.63) is 23.3 Å². The standard InChI is InChI=1S/C21H30N2O3/c1-4-10-23-11-9-20-17-13-5-6-15(25-3)18(17)26-19(20)14(22-2)7-8-21(20,24)16(23)12-13/h5-6,14,16,19,22,24H,4,7-12H2,1-3H3/t14-,16-,19+,20+,21-/m1/s1. The highest BCUT2D eigenvalue weighted by atomic mass is 16.5. The molecule has 26 heavy (non-hydrogen) atoms. The summed E-state index contributed by atoms with van der Waals surface area (Å²) in [5.74, 6) is 1.69. The van der Waals surface area contributed by atoms with Gasteiger partial charge in [0.2, 0.25) is 0 Å². The normalized spacial score (nSPS) is 40.1. The third kappa shape index (κ3) is 1.77. The molecule has 1 saturated heterocycles. The molecule has 0 unspecified atom stereocenters. The van der Waals surface area contributed by atoms with E-state index < -0.39 is 5.60 Å². The predicted molar refractivity (Wildman–Crippen MR) is 100 cm³/mol. The van der Waals surface area contributed by atoms with Crippen molar-refractivity contribution in [1.82, 2.24) is 10.2 Å². The second-order valence-electron chi connectivity index (χ2n) is 8.50. The number of hydrogen-bond acceptors (Lipinski definition) is 5. The minimum atomic E-state index is -0.719. The Morgan fingerprint density at radius 3 is 2.96 bits per heavy atom. The molecule has 1 spiro atoms. The van der Waals surface area contributed by atoms with Crippen molar-refractivity contribution in [2.24, 2.45) is 0 Å². The number of likely N-dealkylation sites (N-methyl/N-ethyl adjacent to an activating group) is 1. The molecule has 0 radical (unpaired) electrons. The van der Waals surface area contributed by atoms with Crippen molar-refractivity contribution in [2.75, 3.05) is 27.2 Å². The minimum Gasteiger partial charge on any atom is -0.493 e. The van der Waals surface area contributed by atoms with Gasteiger partial charge in [-0.25, -0.2) is 0 Å². The first-order valence-electron chi connectivity index (χ1n) is 10.1. The molecular formula is C21H30N2O3. The second-order valence-corrected chi connectivity index (χ2v) is 8.50. The highest BCUT2D eigenvalue weighted by Crippen LogP contribution is 2.65. The Morgan fingerprint density at radius 2 is 2.23 bits per heavy atom. The fraction of sp³-hybridized carbons (Fsp3) is 0.714. The maximum Gasteiger partial charge on any atom is 0.165 e. The molecule has 2 heterocycles. The van der Waals surface area contributed by atoms with Crippen LogP contribution in [0, 0.1) is 0 Å². The van der Waals surface area contributed by atoms with Gasteiger partial charge in [-0.15, -0.1) is 0 Å². The number of likely N-dealkylation sites (tertiary alicyclic amines) is 1. The Kier molecular flexibility index (Phi) is 3.63. The first-order chi connectivity index (χ1) is 12.6. The average Bonchev–Trinajstić information content (AvgIpc) is 2.99. The Labute approximate surface area is 155 Å². The van der Waals surface area contributed by atoms with Gasteiger partial charge in [-0.2, -0.15) is 0 Å². The summed E-state index contributed by atoms with van der Waals surface area (Å²) in [5.41, 5.74) is 1.56. The molecule has 5 rings (SSSR count). The fourth-order valence-corrected chi connectivity index (χ4v) is 6.63. The summed E-state index contributed by atoms with van der Waals surface area (Å²) in [6, 6.07) is 4.69. The van der Waals surface area contributed by atoms with Gasteiger partial charge in [-0.1, -0.05) is 13.0 Å². The number of aliphatic hydroxyl groups is 1. The Hall–Kier alpha value is -1.30. The average molecular weight is 358 g/mol. The van der Waals surface area contributed by atoms with Crippen molar-refractivity contribution in [3.63, 3.8) is 0 Å². The third-order valence-electron chi connectivity index (χ3n) is 7.66. The van der Waals surface area contributed by atoms with Gasteiger partial charge < -0.3 is 19.9 Å². The lowest BCUT2D eigenvalue weighted by Gasteiger charge is -2.64. The monoisotopic (exact) mass is 358 g/mol. The maximum atomic E-state index is 12.2. The van der Waals surface area contributed by atoms with E-state index in [0.717, 1.165) is 56.7 Å². The van der Waals surface area contributed by atoms with Crippen LogP contribution in [0.25, 0.3) is 0 Å². The quantitative estimate of drug-likeness (QED) is 0.860. The van der Waals surface area contributed by atoms with Gasteiger partial charge in [0.1, 0.15) is 6.10 Å². The molecule has 2 aliphatic carbocycles. The van der Waals surface area contributed by atoms with Crippen molar-refractivity contribution >= 4 is 0 Å². The van der Waals surface area contributed by atoms with E-state index in [1.54, 1.807) is 7.11 Å². The molecule has 2 bridgehead atoms. The number of nitrogens with one attached hydrogen (secondary N) is 1. The zero-order chi connectivity index (χ0) is 18.1. The van der Waals surface area contributed by atoms with Crippen LogP contribution in [0.15, 0.2) is 12.1 Å². The summed E-state index contributed by atoms with van der Waals surface area (Å²) in [5, 5.41) is 15.7. The molecule has 1 aromatic carbocycles. The zero-order valence-corrected chi connectivity index (χ0v) is 16.0. The van der Waals surface area contributed by atoms with Crippen LogP contribution in [0.2, 0.25) is 0 Å². The highest BCUT2D eigenvalue weighted by Gasteiger charge is 2.72. The zero-order valence-electron chi connectivity index (χ0n) is 16.0. The smallest absolute Gasteiger partial charge is 0.165 e. The van der Waals surface area contributed by atoms with Crippen LogP contribution >= 0.6 is 0 Å². The number of piperidine rings is 1. The lowest BCUT2D eigenvalue weighted by Crippen LogP contribution is -2.78. The van der Waals surface area contributed by atoms with E-state index in [4.69, 9.17) is 9.47 Å². The largest absolute Gasteiger partial charge is 0.493 e.